The third-order valence-electron chi connectivity index (χ3n) is 9.62. The lowest BCUT2D eigenvalue weighted by Gasteiger charge is -2.23. The molecule has 0 atom stereocenters. The quantitative estimate of drug-likeness (QED) is 0.179. The molecular formula is C46H26O. The monoisotopic (exact) mass is 603 g/mol. The molecule has 1 aliphatic rings. The van der Waals surface area contributed by atoms with Crippen LogP contribution < -0.4 is 4.74 Å². The van der Waals surface area contributed by atoms with Crippen LogP contribution in [0, 0.1) is 0 Å². The second-order valence-corrected chi connectivity index (χ2v) is 12.1. The maximum Gasteiger partial charge on any atom is 0.136 e. The Morgan fingerprint density at radius 1 is 0.362 bits per heavy atom. The van der Waals surface area contributed by atoms with E-state index in [-0.39, 0.29) is 62.1 Å². The smallest absolute Gasteiger partial charge is 0.136 e. The topological polar surface area (TPSA) is 9.23 Å². The van der Waals surface area contributed by atoms with Crippen molar-refractivity contribution in [3.8, 4) is 44.9 Å². The molecule has 1 aliphatic heterocycles. The van der Waals surface area contributed by atoms with Crippen molar-refractivity contribution in [3.63, 3.8) is 0 Å². The molecule has 0 saturated carbocycles. The van der Waals surface area contributed by atoms with Crippen LogP contribution in [-0.2, 0) is 0 Å². The fourth-order valence-electron chi connectivity index (χ4n) is 7.50. The number of hydrogen-bond donors (Lipinski definition) is 0. The van der Waals surface area contributed by atoms with E-state index < -0.39 is 30.2 Å². The number of benzene rings is 10. The van der Waals surface area contributed by atoms with Crippen molar-refractivity contribution in [2.75, 3.05) is 0 Å². The first-order valence-electron chi connectivity index (χ1n) is 20.0. The molecular weight excluding hydrogens is 569 g/mol. The molecule has 0 N–H and O–H groups in total. The van der Waals surface area contributed by atoms with Crippen molar-refractivity contribution >= 4 is 64.6 Å². The van der Waals surface area contributed by atoms with E-state index in [1.807, 2.05) is 54.6 Å². The Labute approximate surface area is 283 Å². The van der Waals surface area contributed by atoms with E-state index in [1.165, 1.54) is 0 Å². The summed E-state index contributed by atoms with van der Waals surface area (Å²) >= 11 is 0. The third kappa shape index (κ3) is 3.49. The third-order valence-corrected chi connectivity index (χ3v) is 9.62. The first kappa shape index (κ1) is 18.1. The van der Waals surface area contributed by atoms with Gasteiger partial charge in [-0.15, -0.1) is 0 Å². The molecule has 0 aromatic heterocycles. The first-order chi connectivity index (χ1) is 27.0. The Kier molecular flexibility index (Phi) is 3.54. The van der Waals surface area contributed by atoms with Crippen LogP contribution >= 0.6 is 0 Å². The maximum absolute atomic E-state index is 9.48. The highest BCUT2D eigenvalue weighted by molar-refractivity contribution is 6.26. The van der Waals surface area contributed by atoms with Crippen LogP contribution in [-0.4, -0.2) is 0 Å². The van der Waals surface area contributed by atoms with Crippen LogP contribution in [0.3, 0.4) is 0 Å². The van der Waals surface area contributed by atoms with Crippen molar-refractivity contribution in [3.05, 3.63) is 158 Å². The summed E-state index contributed by atoms with van der Waals surface area (Å²) in [5.74, 6) is 1.53. The summed E-state index contributed by atoms with van der Waals surface area (Å²) in [7, 11) is 0. The highest BCUT2D eigenvalue weighted by atomic mass is 16.5. The molecule has 0 radical (unpaired) electrons. The minimum atomic E-state index is -0.494. The van der Waals surface area contributed by atoms with Gasteiger partial charge in [0, 0.05) is 10.9 Å². The zero-order valence-corrected chi connectivity index (χ0v) is 24.7. The Morgan fingerprint density at radius 3 is 1.94 bits per heavy atom. The number of fused-ring (bicyclic) bond motifs is 5. The van der Waals surface area contributed by atoms with Gasteiger partial charge in [0.25, 0.3) is 0 Å². The molecule has 1 heteroatoms. The summed E-state index contributed by atoms with van der Waals surface area (Å²) in [6.07, 6.45) is 0. The summed E-state index contributed by atoms with van der Waals surface area (Å²) in [5.41, 5.74) is 4.42. The fourth-order valence-corrected chi connectivity index (χ4v) is 7.50. The Bertz CT molecular complexity index is 3420. The Hall–Kier alpha value is -6.18. The van der Waals surface area contributed by atoms with Gasteiger partial charge in [0.15, 0.2) is 0 Å². The van der Waals surface area contributed by atoms with Crippen LogP contribution in [0.25, 0.3) is 98.0 Å². The normalized spacial score (nSPS) is 15.1. The summed E-state index contributed by atoms with van der Waals surface area (Å²) in [4.78, 5) is 0. The average Bonchev–Trinajstić information content (AvgIpc) is 3.21. The first-order valence-corrected chi connectivity index (χ1v) is 15.5. The summed E-state index contributed by atoms with van der Waals surface area (Å²) < 4.78 is 87.6. The molecule has 216 valence electrons. The van der Waals surface area contributed by atoms with Crippen LogP contribution in [0.2, 0.25) is 0 Å². The minimum absolute atomic E-state index is 0.0429. The van der Waals surface area contributed by atoms with Gasteiger partial charge in [0.2, 0.25) is 0 Å². The molecule has 0 aliphatic carbocycles. The number of rotatable bonds is 2. The van der Waals surface area contributed by atoms with E-state index in [1.54, 1.807) is 0 Å². The SMILES string of the molecule is [2H]c1c([2H])c2c([2H])c([2H])c3c([2H])c([2H])c(-c4cc(-c5ccc6c(c5)-c5cccc7c5c(cc5ccccc57)O6)cc5ccccc45)c4c([2H])c([2H])c(c1[2H])c2c34. The molecule has 0 fully saturated rings. The molecule has 0 unspecified atom stereocenters. The zero-order chi connectivity index (χ0) is 38.5. The summed E-state index contributed by atoms with van der Waals surface area (Å²) in [5, 5.41) is 6.26. The van der Waals surface area contributed by atoms with Gasteiger partial charge in [0.05, 0.1) is 12.3 Å². The molecule has 0 saturated heterocycles. The highest BCUT2D eigenvalue weighted by Crippen LogP contribution is 2.50. The lowest BCUT2D eigenvalue weighted by molar-refractivity contribution is 0.488. The molecule has 47 heavy (non-hydrogen) atoms. The lowest BCUT2D eigenvalue weighted by Crippen LogP contribution is -1.98. The zero-order valence-electron chi connectivity index (χ0n) is 33.7. The van der Waals surface area contributed by atoms with E-state index in [9.17, 15) is 4.11 Å². The van der Waals surface area contributed by atoms with E-state index >= 15 is 0 Å². The standard InChI is InChI=1S/C46H26O/c1-4-12-35-31(7-1)23-33(25-40(35)36-20-17-29-16-15-27-9-5-10-28-18-21-39(36)45(29)44(27)28)30-19-22-42-41(24-30)38-14-6-13-37-34-11-3-2-8-32(34)26-43(47-42)46(37)38/h1-26H/i5D,9D,10D,15D,16D,17D,18D,20D,21D. The van der Waals surface area contributed by atoms with Crippen LogP contribution in [0.5, 0.6) is 11.5 Å². The van der Waals surface area contributed by atoms with Gasteiger partial charge in [-0.05, 0) is 117 Å². The van der Waals surface area contributed by atoms with Gasteiger partial charge in [0.1, 0.15) is 11.5 Å². The molecule has 0 amide bonds. The minimum Gasteiger partial charge on any atom is -0.456 e. The largest absolute Gasteiger partial charge is 0.456 e. The van der Waals surface area contributed by atoms with Crippen molar-refractivity contribution in [1.29, 1.82) is 0 Å². The van der Waals surface area contributed by atoms with E-state index in [0.717, 1.165) is 66.1 Å². The van der Waals surface area contributed by atoms with Crippen LogP contribution in [0.1, 0.15) is 12.3 Å². The summed E-state index contributed by atoms with van der Waals surface area (Å²) in [6, 6.07) is 31.0. The Balaban J connectivity index is 1.22. The molecule has 0 bridgehead atoms. The molecule has 0 spiro atoms. The van der Waals surface area contributed by atoms with E-state index in [4.69, 9.17) is 13.0 Å². The van der Waals surface area contributed by atoms with Crippen LogP contribution in [0.4, 0.5) is 0 Å². The predicted molar refractivity (Wildman–Crippen MR) is 199 cm³/mol. The van der Waals surface area contributed by atoms with E-state index in [2.05, 4.69) is 48.5 Å². The van der Waals surface area contributed by atoms with Crippen LogP contribution in [0.15, 0.2) is 158 Å². The van der Waals surface area contributed by atoms with Crippen molar-refractivity contribution in [1.82, 2.24) is 0 Å². The van der Waals surface area contributed by atoms with Gasteiger partial charge in [-0.3, -0.25) is 0 Å². The van der Waals surface area contributed by atoms with Crippen molar-refractivity contribution < 1.29 is 17.1 Å². The maximum atomic E-state index is 9.48. The Morgan fingerprint density at radius 2 is 1.06 bits per heavy atom. The summed E-state index contributed by atoms with van der Waals surface area (Å²) in [6.45, 7) is 0. The molecule has 1 heterocycles. The molecule has 10 aromatic carbocycles. The van der Waals surface area contributed by atoms with Crippen molar-refractivity contribution in [2.24, 2.45) is 0 Å². The lowest BCUT2D eigenvalue weighted by atomic mass is 9.86. The number of hydrogen-bond acceptors (Lipinski definition) is 1. The molecule has 11 rings (SSSR count). The van der Waals surface area contributed by atoms with Crippen molar-refractivity contribution in [2.45, 2.75) is 0 Å². The van der Waals surface area contributed by atoms with Gasteiger partial charge in [-0.2, -0.15) is 0 Å². The predicted octanol–water partition coefficient (Wildman–Crippen LogP) is 13.2. The average molecular weight is 604 g/mol. The number of ether oxygens (including phenoxy) is 1. The van der Waals surface area contributed by atoms with Gasteiger partial charge in [-0.1, -0.05) is 127 Å². The van der Waals surface area contributed by atoms with Gasteiger partial charge >= 0.3 is 0 Å². The van der Waals surface area contributed by atoms with E-state index in [0.29, 0.717) is 5.56 Å². The second kappa shape index (κ2) is 9.19. The van der Waals surface area contributed by atoms with Gasteiger partial charge in [-0.25, -0.2) is 0 Å². The molecule has 1 nitrogen and oxygen atoms in total. The fraction of sp³-hybridized carbons (Fsp3) is 0. The molecule has 10 aromatic rings. The second-order valence-electron chi connectivity index (χ2n) is 12.1. The van der Waals surface area contributed by atoms with Gasteiger partial charge < -0.3 is 4.74 Å². The highest BCUT2D eigenvalue weighted by Gasteiger charge is 2.22.